The Balaban J connectivity index is 1.28. The molecule has 0 bridgehead atoms. The lowest BCUT2D eigenvalue weighted by molar-refractivity contribution is -0.146. The number of hydrogen-bond donors (Lipinski definition) is 3. The van der Waals surface area contributed by atoms with Crippen molar-refractivity contribution in [3.63, 3.8) is 0 Å². The van der Waals surface area contributed by atoms with Gasteiger partial charge >= 0.3 is 12.1 Å². The minimum absolute atomic E-state index is 0.0477. The molecule has 2 aromatic carbocycles. The van der Waals surface area contributed by atoms with Crippen molar-refractivity contribution < 1.29 is 29.0 Å². The quantitative estimate of drug-likeness (QED) is 0.539. The summed E-state index contributed by atoms with van der Waals surface area (Å²) in [5.74, 6) is -2.20. The van der Waals surface area contributed by atoms with Crippen molar-refractivity contribution in [2.24, 2.45) is 0 Å². The van der Waals surface area contributed by atoms with Gasteiger partial charge in [0.05, 0.1) is 6.42 Å². The summed E-state index contributed by atoms with van der Waals surface area (Å²) in [6, 6.07) is 15.0. The van der Waals surface area contributed by atoms with Gasteiger partial charge in [-0.1, -0.05) is 54.6 Å². The van der Waals surface area contributed by atoms with Crippen LogP contribution in [0, 0.1) is 0 Å². The minimum atomic E-state index is -1.17. The van der Waals surface area contributed by atoms with E-state index in [1.165, 1.54) is 17.1 Å². The highest BCUT2D eigenvalue weighted by atomic mass is 16.5. The van der Waals surface area contributed by atoms with Gasteiger partial charge in [0.1, 0.15) is 12.6 Å². The Morgan fingerprint density at radius 2 is 1.74 bits per heavy atom. The lowest BCUT2D eigenvalue weighted by Gasteiger charge is -2.33. The molecule has 1 aliphatic carbocycles. The molecule has 0 radical (unpaired) electrons. The zero-order valence-electron chi connectivity index (χ0n) is 18.4. The van der Waals surface area contributed by atoms with Gasteiger partial charge in [-0.2, -0.15) is 0 Å². The number of nitrogens with zero attached hydrogens (tertiary/aromatic N) is 1. The molecule has 1 fully saturated rings. The van der Waals surface area contributed by atoms with Crippen LogP contribution in [0.4, 0.5) is 4.79 Å². The molecule has 3 amide bonds. The maximum atomic E-state index is 12.4. The lowest BCUT2D eigenvalue weighted by atomic mass is 9.98. The Morgan fingerprint density at radius 1 is 1.09 bits per heavy atom. The summed E-state index contributed by atoms with van der Waals surface area (Å²) >= 11 is 0. The van der Waals surface area contributed by atoms with Crippen molar-refractivity contribution in [1.29, 1.82) is 0 Å². The van der Waals surface area contributed by atoms with E-state index in [0.717, 1.165) is 22.3 Å². The maximum Gasteiger partial charge on any atom is 0.407 e. The first-order valence-corrected chi connectivity index (χ1v) is 11.0. The SMILES string of the molecule is O=C(O)CC1C(=O)NCCN1C(=O)/C=C/CNC(=O)OCC1c2ccccc2-c2ccccc21. The van der Waals surface area contributed by atoms with Crippen LogP contribution in [0.25, 0.3) is 11.1 Å². The normalized spacial score (nSPS) is 17.1. The van der Waals surface area contributed by atoms with Crippen LogP contribution in [-0.4, -0.2) is 66.2 Å². The van der Waals surface area contributed by atoms with Crippen LogP contribution in [0.3, 0.4) is 0 Å². The first-order chi connectivity index (χ1) is 16.5. The molecule has 3 N–H and O–H groups in total. The van der Waals surface area contributed by atoms with Gasteiger partial charge in [-0.05, 0) is 22.3 Å². The van der Waals surface area contributed by atoms with E-state index in [0.29, 0.717) is 0 Å². The third-order valence-corrected chi connectivity index (χ3v) is 5.95. The summed E-state index contributed by atoms with van der Waals surface area (Å²) in [6.45, 7) is 0.702. The fraction of sp³-hybridized carbons (Fsp3) is 0.280. The van der Waals surface area contributed by atoms with Crippen LogP contribution >= 0.6 is 0 Å². The molecule has 2 aromatic rings. The van der Waals surface area contributed by atoms with Crippen molar-refractivity contribution >= 4 is 23.9 Å². The van der Waals surface area contributed by atoms with Crippen LogP contribution in [0.5, 0.6) is 0 Å². The number of carbonyl (C=O) groups is 4. The zero-order chi connectivity index (χ0) is 24.1. The average Bonchev–Trinajstić information content (AvgIpc) is 3.15. The van der Waals surface area contributed by atoms with Crippen molar-refractivity contribution in [3.05, 3.63) is 71.8 Å². The number of piperazine rings is 1. The Bertz CT molecular complexity index is 1100. The molecule has 1 heterocycles. The van der Waals surface area contributed by atoms with Crippen LogP contribution in [-0.2, 0) is 19.1 Å². The predicted molar refractivity (Wildman–Crippen MR) is 123 cm³/mol. The van der Waals surface area contributed by atoms with Crippen molar-refractivity contribution in [2.45, 2.75) is 18.4 Å². The molecular formula is C25H25N3O6. The molecule has 0 saturated carbocycles. The first kappa shape index (κ1) is 23.0. The minimum Gasteiger partial charge on any atom is -0.481 e. The maximum absolute atomic E-state index is 12.4. The van der Waals surface area contributed by atoms with E-state index in [1.54, 1.807) is 0 Å². The molecule has 2 aliphatic rings. The number of carbonyl (C=O) groups excluding carboxylic acids is 3. The van der Waals surface area contributed by atoms with Crippen LogP contribution < -0.4 is 10.6 Å². The van der Waals surface area contributed by atoms with Gasteiger partial charge in [0.2, 0.25) is 11.8 Å². The number of amides is 3. The Hall–Kier alpha value is -4.14. The number of alkyl carbamates (subject to hydrolysis) is 1. The second-order valence-corrected chi connectivity index (χ2v) is 8.05. The zero-order valence-corrected chi connectivity index (χ0v) is 18.4. The van der Waals surface area contributed by atoms with Crippen molar-refractivity contribution in [3.8, 4) is 11.1 Å². The monoisotopic (exact) mass is 463 g/mol. The molecule has 1 unspecified atom stereocenters. The van der Waals surface area contributed by atoms with Gasteiger partial charge in [0.25, 0.3) is 0 Å². The second kappa shape index (κ2) is 10.2. The second-order valence-electron chi connectivity index (χ2n) is 8.05. The van der Waals surface area contributed by atoms with Crippen LogP contribution in [0.15, 0.2) is 60.7 Å². The number of rotatable bonds is 7. The molecule has 34 heavy (non-hydrogen) atoms. The number of nitrogens with one attached hydrogen (secondary N) is 2. The number of fused-ring (bicyclic) bond motifs is 3. The molecule has 0 aromatic heterocycles. The molecule has 1 aliphatic heterocycles. The molecular weight excluding hydrogens is 438 g/mol. The van der Waals surface area contributed by atoms with E-state index in [2.05, 4.69) is 22.8 Å². The van der Waals surface area contributed by atoms with Gasteiger partial charge in [0, 0.05) is 31.6 Å². The standard InChI is InChI=1S/C25H25N3O6/c29-22(28-13-12-26-24(32)21(28)14-23(30)31)10-5-11-27-25(33)34-15-20-18-8-3-1-6-16(18)17-7-2-4-9-19(17)20/h1-10,20-21H,11-15H2,(H,26,32)(H,27,33)(H,30,31)/b10-5+. The van der Waals surface area contributed by atoms with E-state index >= 15 is 0 Å². The summed E-state index contributed by atoms with van der Waals surface area (Å²) in [5, 5.41) is 14.1. The summed E-state index contributed by atoms with van der Waals surface area (Å²) in [5.41, 5.74) is 4.51. The Morgan fingerprint density at radius 3 is 2.38 bits per heavy atom. The molecule has 1 atom stereocenters. The number of carboxylic acid groups (broad SMARTS) is 1. The smallest absolute Gasteiger partial charge is 0.407 e. The van der Waals surface area contributed by atoms with Crippen molar-refractivity contribution in [2.75, 3.05) is 26.2 Å². The highest BCUT2D eigenvalue weighted by molar-refractivity contribution is 5.95. The number of ether oxygens (including phenoxy) is 1. The van der Waals surface area contributed by atoms with Gasteiger partial charge in [0.15, 0.2) is 0 Å². The fourth-order valence-electron chi connectivity index (χ4n) is 4.39. The van der Waals surface area contributed by atoms with Gasteiger partial charge in [-0.15, -0.1) is 0 Å². The summed E-state index contributed by atoms with van der Waals surface area (Å²) < 4.78 is 5.44. The van der Waals surface area contributed by atoms with Gasteiger partial charge in [-0.3, -0.25) is 14.4 Å². The van der Waals surface area contributed by atoms with E-state index in [9.17, 15) is 19.2 Å². The number of hydrogen-bond acceptors (Lipinski definition) is 5. The Labute approximate surface area is 196 Å². The van der Waals surface area contributed by atoms with Gasteiger partial charge < -0.3 is 25.4 Å². The predicted octanol–water partition coefficient (Wildman–Crippen LogP) is 1.88. The summed E-state index contributed by atoms with van der Waals surface area (Å²) in [4.78, 5) is 48.8. The Kier molecular flexibility index (Phi) is 6.91. The van der Waals surface area contributed by atoms with Crippen LogP contribution in [0.1, 0.15) is 23.5 Å². The number of aliphatic carboxylic acids is 1. The van der Waals surface area contributed by atoms with Crippen LogP contribution in [0.2, 0.25) is 0 Å². The van der Waals surface area contributed by atoms with Crippen molar-refractivity contribution in [1.82, 2.24) is 15.5 Å². The molecule has 4 rings (SSSR count). The largest absolute Gasteiger partial charge is 0.481 e. The topological polar surface area (TPSA) is 125 Å². The summed E-state index contributed by atoms with van der Waals surface area (Å²) in [7, 11) is 0. The third kappa shape index (κ3) is 4.93. The van der Waals surface area contributed by atoms with E-state index in [4.69, 9.17) is 9.84 Å². The highest BCUT2D eigenvalue weighted by Crippen LogP contribution is 2.44. The molecule has 9 nitrogen and oxygen atoms in total. The summed E-state index contributed by atoms with van der Waals surface area (Å²) in [6.07, 6.45) is 1.58. The van der Waals surface area contributed by atoms with E-state index < -0.39 is 36.3 Å². The molecule has 1 saturated heterocycles. The first-order valence-electron chi connectivity index (χ1n) is 11.0. The molecule has 176 valence electrons. The van der Waals surface area contributed by atoms with Gasteiger partial charge in [-0.25, -0.2) is 4.79 Å². The fourth-order valence-corrected chi connectivity index (χ4v) is 4.39. The highest BCUT2D eigenvalue weighted by Gasteiger charge is 2.33. The number of carboxylic acids is 1. The number of benzene rings is 2. The van der Waals surface area contributed by atoms with E-state index in [-0.39, 0.29) is 32.2 Å². The third-order valence-electron chi connectivity index (χ3n) is 5.95. The molecule has 9 heteroatoms. The molecule has 0 spiro atoms. The van der Waals surface area contributed by atoms with E-state index in [1.807, 2.05) is 36.4 Å². The lowest BCUT2D eigenvalue weighted by Crippen LogP contribution is -2.57. The average molecular weight is 463 g/mol.